The molecule has 1 heterocycles. The minimum absolute atomic E-state index is 0.316. The van der Waals surface area contributed by atoms with Crippen molar-refractivity contribution >= 4 is 22.0 Å². The highest BCUT2D eigenvalue weighted by molar-refractivity contribution is 7.90. The third kappa shape index (κ3) is 3.01. The Morgan fingerprint density at radius 3 is 2.41 bits per heavy atom. The molecule has 0 saturated carbocycles. The summed E-state index contributed by atoms with van der Waals surface area (Å²) in [6, 6.07) is 6.65. The summed E-state index contributed by atoms with van der Waals surface area (Å²) in [5.74, 6) is 0. The molecule has 88 valence electrons. The molecule has 2 aromatic rings. The van der Waals surface area contributed by atoms with Gasteiger partial charge in [-0.15, -0.1) is 0 Å². The number of nitrogens with zero attached hydrogens (tertiary/aromatic N) is 2. The van der Waals surface area contributed by atoms with Gasteiger partial charge in [-0.2, -0.15) is 15.4 Å². The first kappa shape index (κ1) is 11.5. The zero-order valence-corrected chi connectivity index (χ0v) is 9.98. The Morgan fingerprint density at radius 2 is 1.88 bits per heavy atom. The highest BCUT2D eigenvalue weighted by Gasteiger charge is 2.04. The average Bonchev–Trinajstić information content (AvgIpc) is 2.78. The number of hydrogen-bond donors (Lipinski definition) is 1. The lowest BCUT2D eigenvalue weighted by Crippen LogP contribution is -1.95. The van der Waals surface area contributed by atoms with E-state index in [0.29, 0.717) is 4.90 Å². The van der Waals surface area contributed by atoms with Gasteiger partial charge in [-0.3, -0.25) is 0 Å². The molecular formula is C11H11N3O2S. The zero-order valence-electron chi connectivity index (χ0n) is 9.16. The van der Waals surface area contributed by atoms with Crippen LogP contribution in [0.5, 0.6) is 0 Å². The standard InChI is InChI=1S/C11H11N3O2S/c1-17(15,16)11-6-3-9(4-7-11)2-5-10-8-12-14-13-10/h2-8H,1H3,(H,12,13,14)/b5-2+. The molecule has 17 heavy (non-hydrogen) atoms. The number of aromatic amines is 1. The van der Waals surface area contributed by atoms with E-state index in [-0.39, 0.29) is 0 Å². The van der Waals surface area contributed by atoms with Crippen molar-refractivity contribution in [2.75, 3.05) is 6.26 Å². The molecule has 0 aliphatic rings. The SMILES string of the molecule is CS(=O)(=O)c1ccc(/C=C/c2cn[nH]n2)cc1. The van der Waals surface area contributed by atoms with Crippen LogP contribution >= 0.6 is 0 Å². The van der Waals surface area contributed by atoms with E-state index < -0.39 is 9.84 Å². The number of H-pyrrole nitrogens is 1. The Morgan fingerprint density at radius 1 is 1.18 bits per heavy atom. The van der Waals surface area contributed by atoms with Gasteiger partial charge in [0, 0.05) is 6.26 Å². The van der Waals surface area contributed by atoms with Crippen molar-refractivity contribution in [3.05, 3.63) is 41.7 Å². The third-order valence-corrected chi connectivity index (χ3v) is 3.32. The van der Waals surface area contributed by atoms with Crippen LogP contribution in [0.25, 0.3) is 12.2 Å². The van der Waals surface area contributed by atoms with Crippen LogP contribution in [0.3, 0.4) is 0 Å². The van der Waals surface area contributed by atoms with Crippen LogP contribution in [0.4, 0.5) is 0 Å². The first-order chi connectivity index (χ1) is 8.05. The van der Waals surface area contributed by atoms with Crippen molar-refractivity contribution in [1.29, 1.82) is 0 Å². The van der Waals surface area contributed by atoms with Gasteiger partial charge in [0.2, 0.25) is 0 Å². The lowest BCUT2D eigenvalue weighted by atomic mass is 10.2. The maximum absolute atomic E-state index is 11.2. The van der Waals surface area contributed by atoms with Gasteiger partial charge in [0.25, 0.3) is 0 Å². The first-order valence-electron chi connectivity index (χ1n) is 4.90. The molecule has 0 radical (unpaired) electrons. The summed E-state index contributed by atoms with van der Waals surface area (Å²) in [4.78, 5) is 0.316. The second-order valence-electron chi connectivity index (χ2n) is 3.57. The minimum atomic E-state index is -3.13. The largest absolute Gasteiger partial charge is 0.224 e. The van der Waals surface area contributed by atoms with E-state index in [1.807, 2.05) is 6.08 Å². The molecule has 1 aromatic carbocycles. The van der Waals surface area contributed by atoms with Gasteiger partial charge >= 0.3 is 0 Å². The molecule has 0 bridgehead atoms. The van der Waals surface area contributed by atoms with E-state index in [4.69, 9.17) is 0 Å². The van der Waals surface area contributed by atoms with E-state index >= 15 is 0 Å². The van der Waals surface area contributed by atoms with E-state index in [0.717, 1.165) is 11.3 Å². The minimum Gasteiger partial charge on any atom is -0.224 e. The van der Waals surface area contributed by atoms with Crippen LogP contribution in [0.1, 0.15) is 11.3 Å². The highest BCUT2D eigenvalue weighted by Crippen LogP contribution is 2.12. The lowest BCUT2D eigenvalue weighted by molar-refractivity contribution is 0.602. The third-order valence-electron chi connectivity index (χ3n) is 2.19. The van der Waals surface area contributed by atoms with E-state index in [1.54, 1.807) is 36.5 Å². The number of hydrogen-bond acceptors (Lipinski definition) is 4. The molecule has 1 aromatic heterocycles. The van der Waals surface area contributed by atoms with Gasteiger partial charge in [-0.25, -0.2) is 8.42 Å². The first-order valence-corrected chi connectivity index (χ1v) is 6.79. The Bertz CT molecular complexity index is 613. The van der Waals surface area contributed by atoms with Crippen molar-refractivity contribution in [3.63, 3.8) is 0 Å². The van der Waals surface area contributed by atoms with Crippen molar-refractivity contribution in [3.8, 4) is 0 Å². The molecule has 1 N–H and O–H groups in total. The maximum atomic E-state index is 11.2. The smallest absolute Gasteiger partial charge is 0.175 e. The molecule has 0 aliphatic heterocycles. The Hall–Kier alpha value is -1.95. The fourth-order valence-electron chi connectivity index (χ4n) is 1.30. The van der Waals surface area contributed by atoms with Gasteiger partial charge in [0.1, 0.15) is 5.69 Å². The molecule has 5 nitrogen and oxygen atoms in total. The fraction of sp³-hybridized carbons (Fsp3) is 0.0909. The predicted octanol–water partition coefficient (Wildman–Crippen LogP) is 1.38. The van der Waals surface area contributed by atoms with Crippen molar-refractivity contribution in [2.24, 2.45) is 0 Å². The van der Waals surface area contributed by atoms with Crippen LogP contribution in [-0.2, 0) is 9.84 Å². The van der Waals surface area contributed by atoms with Crippen LogP contribution in [0.15, 0.2) is 35.4 Å². The number of benzene rings is 1. The number of sulfone groups is 1. The van der Waals surface area contributed by atoms with Crippen LogP contribution in [-0.4, -0.2) is 30.1 Å². The molecule has 2 rings (SSSR count). The molecule has 0 saturated heterocycles. The summed E-state index contributed by atoms with van der Waals surface area (Å²) in [7, 11) is -3.13. The van der Waals surface area contributed by atoms with E-state index in [9.17, 15) is 8.42 Å². The topological polar surface area (TPSA) is 75.7 Å². The van der Waals surface area contributed by atoms with Crippen molar-refractivity contribution < 1.29 is 8.42 Å². The second kappa shape index (κ2) is 4.50. The van der Waals surface area contributed by atoms with Gasteiger partial charge in [0.05, 0.1) is 11.1 Å². The summed E-state index contributed by atoms with van der Waals surface area (Å²) in [6.45, 7) is 0. The summed E-state index contributed by atoms with van der Waals surface area (Å²) in [5, 5.41) is 10.0. The Kier molecular flexibility index (Phi) is 3.06. The molecule has 0 aliphatic carbocycles. The van der Waals surface area contributed by atoms with Crippen LogP contribution < -0.4 is 0 Å². The molecule has 0 atom stereocenters. The van der Waals surface area contributed by atoms with Gasteiger partial charge in [-0.1, -0.05) is 18.2 Å². The fourth-order valence-corrected chi connectivity index (χ4v) is 1.93. The van der Waals surface area contributed by atoms with E-state index in [1.165, 1.54) is 6.26 Å². The zero-order chi connectivity index (χ0) is 12.3. The molecule has 0 amide bonds. The quantitative estimate of drug-likeness (QED) is 0.891. The lowest BCUT2D eigenvalue weighted by Gasteiger charge is -1.98. The molecule has 0 spiro atoms. The van der Waals surface area contributed by atoms with Gasteiger partial charge < -0.3 is 0 Å². The molecule has 0 unspecified atom stereocenters. The predicted molar refractivity (Wildman–Crippen MR) is 64.9 cm³/mol. The normalized spacial score (nSPS) is 12.1. The maximum Gasteiger partial charge on any atom is 0.175 e. The Balaban J connectivity index is 2.19. The number of aromatic nitrogens is 3. The Labute approximate surface area is 99.1 Å². The van der Waals surface area contributed by atoms with Crippen molar-refractivity contribution in [2.45, 2.75) is 4.90 Å². The number of rotatable bonds is 3. The molecular weight excluding hydrogens is 238 g/mol. The van der Waals surface area contributed by atoms with Crippen LogP contribution in [0, 0.1) is 0 Å². The molecule has 0 fully saturated rings. The van der Waals surface area contributed by atoms with E-state index in [2.05, 4.69) is 15.4 Å². The highest BCUT2D eigenvalue weighted by atomic mass is 32.2. The average molecular weight is 249 g/mol. The molecule has 6 heteroatoms. The van der Waals surface area contributed by atoms with Crippen LogP contribution in [0.2, 0.25) is 0 Å². The summed E-state index contributed by atoms with van der Waals surface area (Å²) >= 11 is 0. The van der Waals surface area contributed by atoms with Gasteiger partial charge in [-0.05, 0) is 23.8 Å². The second-order valence-corrected chi connectivity index (χ2v) is 5.59. The summed E-state index contributed by atoms with van der Waals surface area (Å²) in [5.41, 5.74) is 1.62. The summed E-state index contributed by atoms with van der Waals surface area (Å²) in [6.07, 6.45) is 6.41. The monoisotopic (exact) mass is 249 g/mol. The van der Waals surface area contributed by atoms with Crippen molar-refractivity contribution in [1.82, 2.24) is 15.4 Å². The number of nitrogens with one attached hydrogen (secondary N) is 1. The summed E-state index contributed by atoms with van der Waals surface area (Å²) < 4.78 is 22.5. The van der Waals surface area contributed by atoms with Gasteiger partial charge in [0.15, 0.2) is 9.84 Å².